The molecule has 24 heavy (non-hydrogen) atoms. The molecule has 7 heteroatoms. The molecule has 0 saturated heterocycles. The molecule has 0 aromatic heterocycles. The summed E-state index contributed by atoms with van der Waals surface area (Å²) in [6.45, 7) is 4.19. The fourth-order valence-electron chi connectivity index (χ4n) is 1.71. The van der Waals surface area contributed by atoms with Crippen molar-refractivity contribution in [1.29, 1.82) is 0 Å². The molecule has 1 aromatic carbocycles. The molecule has 0 spiro atoms. The van der Waals surface area contributed by atoms with Crippen molar-refractivity contribution in [3.05, 3.63) is 41.5 Å². The Bertz CT molecular complexity index is 636. The number of rotatable bonds is 8. The number of aliphatic hydroxyl groups is 1. The molecule has 1 aromatic rings. The topological polar surface area (TPSA) is 110 Å². The molecule has 130 valence electrons. The summed E-state index contributed by atoms with van der Waals surface area (Å²) >= 11 is 0. The fraction of sp³-hybridized carbons (Fsp3) is 0.353. The highest BCUT2D eigenvalue weighted by atomic mass is 16.6. The molecule has 0 aliphatic carbocycles. The number of carboxylic acids is 1. The van der Waals surface area contributed by atoms with Crippen molar-refractivity contribution in [2.75, 3.05) is 13.2 Å². The van der Waals surface area contributed by atoms with Crippen molar-refractivity contribution in [2.24, 2.45) is 0 Å². The predicted octanol–water partition coefficient (Wildman–Crippen LogP) is 1.59. The Morgan fingerprint density at radius 3 is 2.21 bits per heavy atom. The normalized spacial score (nSPS) is 11.8. The largest absolute Gasteiger partial charge is 0.490 e. The molecular weight excluding hydrogens is 316 g/mol. The Labute approximate surface area is 139 Å². The quantitative estimate of drug-likeness (QED) is 0.321. The van der Waals surface area contributed by atoms with Crippen molar-refractivity contribution in [1.82, 2.24) is 0 Å². The SMILES string of the molecule is CC(=CC(=O)O)C(=O)OCCOc1ccc(C(=O)C(C)(C)O)cc1. The van der Waals surface area contributed by atoms with Crippen LogP contribution in [0, 0.1) is 0 Å². The van der Waals surface area contributed by atoms with Gasteiger partial charge in [0.2, 0.25) is 0 Å². The minimum Gasteiger partial charge on any atom is -0.490 e. The van der Waals surface area contributed by atoms with Gasteiger partial charge in [-0.15, -0.1) is 0 Å². The van der Waals surface area contributed by atoms with Gasteiger partial charge in [-0.2, -0.15) is 0 Å². The monoisotopic (exact) mass is 336 g/mol. The number of Topliss-reactive ketones (excluding diaryl/α,β-unsaturated/α-hetero) is 1. The Kier molecular flexibility index (Phi) is 6.67. The van der Waals surface area contributed by atoms with E-state index in [1.54, 1.807) is 12.1 Å². The maximum Gasteiger partial charge on any atom is 0.334 e. The van der Waals surface area contributed by atoms with Gasteiger partial charge >= 0.3 is 11.9 Å². The summed E-state index contributed by atoms with van der Waals surface area (Å²) in [5, 5.41) is 18.2. The first-order valence-electron chi connectivity index (χ1n) is 7.19. The molecule has 7 nitrogen and oxygen atoms in total. The number of esters is 1. The molecule has 0 amide bonds. The second-order valence-corrected chi connectivity index (χ2v) is 5.56. The zero-order valence-corrected chi connectivity index (χ0v) is 13.7. The molecule has 0 unspecified atom stereocenters. The first kappa shape index (κ1) is 19.4. The summed E-state index contributed by atoms with van der Waals surface area (Å²) in [7, 11) is 0. The van der Waals surface area contributed by atoms with Crippen LogP contribution in [0.25, 0.3) is 0 Å². The van der Waals surface area contributed by atoms with Crippen LogP contribution in [0.3, 0.4) is 0 Å². The van der Waals surface area contributed by atoms with Gasteiger partial charge in [0.25, 0.3) is 0 Å². The predicted molar refractivity (Wildman–Crippen MR) is 84.9 cm³/mol. The third kappa shape index (κ3) is 6.21. The van der Waals surface area contributed by atoms with E-state index in [0.717, 1.165) is 6.08 Å². The lowest BCUT2D eigenvalue weighted by atomic mass is 9.97. The van der Waals surface area contributed by atoms with Crippen LogP contribution in [0.4, 0.5) is 0 Å². The highest BCUT2D eigenvalue weighted by Crippen LogP contribution is 2.17. The van der Waals surface area contributed by atoms with Crippen LogP contribution < -0.4 is 4.74 Å². The minimum absolute atomic E-state index is 0.0167. The van der Waals surface area contributed by atoms with Gasteiger partial charge in [-0.05, 0) is 45.0 Å². The van der Waals surface area contributed by atoms with E-state index in [2.05, 4.69) is 0 Å². The van der Waals surface area contributed by atoms with Crippen molar-refractivity contribution in [2.45, 2.75) is 26.4 Å². The van der Waals surface area contributed by atoms with Gasteiger partial charge in [0.05, 0.1) is 0 Å². The van der Waals surface area contributed by atoms with Crippen molar-refractivity contribution in [3.63, 3.8) is 0 Å². The van der Waals surface area contributed by atoms with Gasteiger partial charge < -0.3 is 19.7 Å². The van der Waals surface area contributed by atoms with E-state index in [-0.39, 0.29) is 18.8 Å². The summed E-state index contributed by atoms with van der Waals surface area (Å²) in [5.41, 5.74) is -1.11. The van der Waals surface area contributed by atoms with Crippen molar-refractivity contribution in [3.8, 4) is 5.75 Å². The van der Waals surface area contributed by atoms with Crippen LogP contribution >= 0.6 is 0 Å². The zero-order valence-electron chi connectivity index (χ0n) is 13.7. The second kappa shape index (κ2) is 8.26. The number of carboxylic acid groups (broad SMARTS) is 1. The maximum atomic E-state index is 11.9. The van der Waals surface area contributed by atoms with Gasteiger partial charge in [0.1, 0.15) is 24.6 Å². The summed E-state index contributed by atoms with van der Waals surface area (Å²) in [5.74, 6) is -1.88. The molecule has 0 atom stereocenters. The van der Waals surface area contributed by atoms with Crippen LogP contribution in [0.1, 0.15) is 31.1 Å². The third-order valence-corrected chi connectivity index (χ3v) is 2.92. The molecule has 0 bridgehead atoms. The molecule has 0 heterocycles. The van der Waals surface area contributed by atoms with Gasteiger partial charge in [-0.1, -0.05) is 0 Å². The molecule has 0 aliphatic heterocycles. The lowest BCUT2D eigenvalue weighted by Gasteiger charge is -2.15. The number of ketones is 1. The Balaban J connectivity index is 2.45. The highest BCUT2D eigenvalue weighted by molar-refractivity contribution is 6.01. The van der Waals surface area contributed by atoms with E-state index in [9.17, 15) is 19.5 Å². The standard InChI is InChI=1S/C17H20O7/c1-11(10-14(18)19)16(21)24-9-8-23-13-6-4-12(5-7-13)15(20)17(2,3)22/h4-7,10,22H,8-9H2,1-3H3,(H,18,19). The molecule has 2 N–H and O–H groups in total. The van der Waals surface area contributed by atoms with Crippen LogP contribution in [0.15, 0.2) is 35.9 Å². The Hall–Kier alpha value is -2.67. The summed E-state index contributed by atoms with van der Waals surface area (Å²) < 4.78 is 10.2. The van der Waals surface area contributed by atoms with Crippen LogP contribution in [0.5, 0.6) is 5.75 Å². The summed E-state index contributed by atoms with van der Waals surface area (Å²) in [6, 6.07) is 6.19. The smallest absolute Gasteiger partial charge is 0.334 e. The molecular formula is C17H20O7. The number of ether oxygens (including phenoxy) is 2. The van der Waals surface area contributed by atoms with Gasteiger partial charge in [-0.3, -0.25) is 4.79 Å². The first-order valence-corrected chi connectivity index (χ1v) is 7.19. The van der Waals surface area contributed by atoms with Gasteiger partial charge in [0, 0.05) is 17.2 Å². The fourth-order valence-corrected chi connectivity index (χ4v) is 1.71. The van der Waals surface area contributed by atoms with Crippen LogP contribution in [0.2, 0.25) is 0 Å². The number of carbonyl (C=O) groups excluding carboxylic acids is 2. The van der Waals surface area contributed by atoms with E-state index in [1.807, 2.05) is 0 Å². The molecule has 0 fully saturated rings. The number of benzene rings is 1. The van der Waals surface area contributed by atoms with Crippen LogP contribution in [-0.4, -0.2) is 46.7 Å². The average molecular weight is 336 g/mol. The van der Waals surface area contributed by atoms with Crippen molar-refractivity contribution >= 4 is 17.7 Å². The molecule has 1 rings (SSSR count). The van der Waals surface area contributed by atoms with E-state index >= 15 is 0 Å². The molecule has 0 aliphatic rings. The van der Waals surface area contributed by atoms with E-state index in [1.165, 1.54) is 32.9 Å². The van der Waals surface area contributed by atoms with E-state index in [4.69, 9.17) is 14.6 Å². The molecule has 0 radical (unpaired) electrons. The maximum absolute atomic E-state index is 11.9. The van der Waals surface area contributed by atoms with E-state index in [0.29, 0.717) is 11.3 Å². The van der Waals surface area contributed by atoms with Crippen LogP contribution in [-0.2, 0) is 14.3 Å². The Morgan fingerprint density at radius 2 is 1.71 bits per heavy atom. The zero-order chi connectivity index (χ0) is 18.3. The molecule has 0 saturated carbocycles. The summed E-state index contributed by atoms with van der Waals surface area (Å²) in [6.07, 6.45) is 0.765. The number of hydrogen-bond acceptors (Lipinski definition) is 6. The second-order valence-electron chi connectivity index (χ2n) is 5.56. The Morgan fingerprint density at radius 1 is 1.12 bits per heavy atom. The van der Waals surface area contributed by atoms with Crippen molar-refractivity contribution < 1.29 is 34.1 Å². The lowest BCUT2D eigenvalue weighted by Crippen LogP contribution is -2.30. The third-order valence-electron chi connectivity index (χ3n) is 2.92. The first-order chi connectivity index (χ1) is 11.1. The summed E-state index contributed by atoms with van der Waals surface area (Å²) in [4.78, 5) is 33.7. The number of hydrogen-bond donors (Lipinski definition) is 2. The lowest BCUT2D eigenvalue weighted by molar-refractivity contribution is -0.140. The number of carbonyl (C=O) groups is 3. The van der Waals surface area contributed by atoms with Gasteiger partial charge in [-0.25, -0.2) is 9.59 Å². The minimum atomic E-state index is -1.45. The average Bonchev–Trinajstić information content (AvgIpc) is 2.49. The highest BCUT2D eigenvalue weighted by Gasteiger charge is 2.24. The van der Waals surface area contributed by atoms with E-state index < -0.39 is 23.3 Å². The van der Waals surface area contributed by atoms with Gasteiger partial charge in [0.15, 0.2) is 5.78 Å². The number of aliphatic carboxylic acids is 1.